The molecule has 0 bridgehead atoms. The number of amides is 2. The maximum absolute atomic E-state index is 11.6. The van der Waals surface area contributed by atoms with Crippen molar-refractivity contribution in [2.24, 2.45) is 0 Å². The van der Waals surface area contributed by atoms with E-state index in [1.807, 2.05) is 6.92 Å². The van der Waals surface area contributed by atoms with Crippen LogP contribution in [0.4, 0.5) is 16.2 Å². The number of carbonyl (C=O) groups is 1. The standard InChI is InChI=1S/C12H17N3O4S/c1-9(20(2)19)7-8-13-12(16)14-10-3-5-11(6-4-10)15(17)18/h3-6,9H,7-8H2,1-2H3,(H2,13,14,16)/t9-,20+/m1/s1. The summed E-state index contributed by atoms with van der Waals surface area (Å²) in [4.78, 5) is 21.5. The van der Waals surface area contributed by atoms with E-state index in [0.717, 1.165) is 0 Å². The molecular formula is C12H17N3O4S. The number of rotatable bonds is 6. The summed E-state index contributed by atoms with van der Waals surface area (Å²) >= 11 is 0. The first-order chi connectivity index (χ1) is 9.40. The topological polar surface area (TPSA) is 101 Å². The molecule has 2 atom stereocenters. The fourth-order valence-corrected chi connectivity index (χ4v) is 1.85. The number of hydrogen-bond donors (Lipinski definition) is 2. The van der Waals surface area contributed by atoms with Gasteiger partial charge >= 0.3 is 6.03 Å². The maximum atomic E-state index is 11.6. The molecule has 0 spiro atoms. The van der Waals surface area contributed by atoms with Crippen LogP contribution in [0, 0.1) is 10.1 Å². The molecule has 20 heavy (non-hydrogen) atoms. The fourth-order valence-electron chi connectivity index (χ4n) is 1.40. The molecule has 1 aromatic carbocycles. The average Bonchev–Trinajstić information content (AvgIpc) is 2.39. The molecule has 0 saturated heterocycles. The van der Waals surface area contributed by atoms with Crippen LogP contribution in [0.2, 0.25) is 0 Å². The van der Waals surface area contributed by atoms with Gasteiger partial charge < -0.3 is 10.6 Å². The number of benzene rings is 1. The second-order valence-corrected chi connectivity index (χ2v) is 6.08. The summed E-state index contributed by atoms with van der Waals surface area (Å²) in [5.41, 5.74) is 0.440. The third-order valence-corrected chi connectivity index (χ3v) is 4.11. The molecule has 1 rings (SSSR count). The van der Waals surface area contributed by atoms with Gasteiger partial charge in [0, 0.05) is 46.7 Å². The van der Waals surface area contributed by atoms with Crippen LogP contribution < -0.4 is 10.6 Å². The first-order valence-electron chi connectivity index (χ1n) is 6.01. The Kier molecular flexibility index (Phi) is 6.10. The number of non-ortho nitro benzene ring substituents is 1. The molecule has 0 radical (unpaired) electrons. The Morgan fingerprint density at radius 1 is 1.40 bits per heavy atom. The van der Waals surface area contributed by atoms with E-state index >= 15 is 0 Å². The van der Waals surface area contributed by atoms with Crippen LogP contribution in [0.1, 0.15) is 13.3 Å². The Hall–Kier alpha value is -1.96. The van der Waals surface area contributed by atoms with E-state index in [-0.39, 0.29) is 10.9 Å². The molecule has 7 nitrogen and oxygen atoms in total. The molecule has 2 N–H and O–H groups in total. The number of nitro benzene ring substituents is 1. The minimum Gasteiger partial charge on any atom is -0.338 e. The Morgan fingerprint density at radius 3 is 2.50 bits per heavy atom. The van der Waals surface area contributed by atoms with Gasteiger partial charge in [0.15, 0.2) is 0 Å². The first kappa shape index (κ1) is 16.1. The van der Waals surface area contributed by atoms with Gasteiger partial charge in [0.05, 0.1) is 4.92 Å². The van der Waals surface area contributed by atoms with Crippen LogP contribution in [-0.4, -0.2) is 33.2 Å². The summed E-state index contributed by atoms with van der Waals surface area (Å²) in [6.45, 7) is 2.27. The first-order valence-corrected chi connectivity index (χ1v) is 7.64. The van der Waals surface area contributed by atoms with E-state index in [1.54, 1.807) is 6.26 Å². The third kappa shape index (κ3) is 5.35. The molecule has 1 aromatic rings. The smallest absolute Gasteiger partial charge is 0.319 e. The van der Waals surface area contributed by atoms with Crippen molar-refractivity contribution in [3.05, 3.63) is 34.4 Å². The van der Waals surface area contributed by atoms with Crippen LogP contribution in [-0.2, 0) is 10.8 Å². The summed E-state index contributed by atoms with van der Waals surface area (Å²) in [5.74, 6) is 0. The highest BCUT2D eigenvalue weighted by Crippen LogP contribution is 2.15. The normalized spacial score (nSPS) is 13.3. The van der Waals surface area contributed by atoms with Crippen LogP contribution in [0.5, 0.6) is 0 Å². The molecule has 0 aliphatic carbocycles. The van der Waals surface area contributed by atoms with Crippen molar-refractivity contribution in [1.29, 1.82) is 0 Å². The van der Waals surface area contributed by atoms with E-state index < -0.39 is 21.8 Å². The summed E-state index contributed by atoms with van der Waals surface area (Å²) < 4.78 is 11.1. The lowest BCUT2D eigenvalue weighted by molar-refractivity contribution is -0.384. The molecule has 0 aliphatic heterocycles. The second-order valence-electron chi connectivity index (χ2n) is 4.28. The summed E-state index contributed by atoms with van der Waals surface area (Å²) in [6.07, 6.45) is 2.25. The van der Waals surface area contributed by atoms with Crippen LogP contribution >= 0.6 is 0 Å². The maximum Gasteiger partial charge on any atom is 0.319 e. The molecule has 2 amide bonds. The van der Waals surface area contributed by atoms with Gasteiger partial charge in [-0.2, -0.15) is 0 Å². The molecular weight excluding hydrogens is 282 g/mol. The molecule has 0 heterocycles. The lowest BCUT2D eigenvalue weighted by atomic mass is 10.3. The van der Waals surface area contributed by atoms with Gasteiger partial charge in [0.25, 0.3) is 5.69 Å². The van der Waals surface area contributed by atoms with E-state index in [0.29, 0.717) is 18.7 Å². The van der Waals surface area contributed by atoms with Crippen molar-refractivity contribution in [2.75, 3.05) is 18.1 Å². The lowest BCUT2D eigenvalue weighted by Gasteiger charge is -2.10. The van der Waals surface area contributed by atoms with Crippen molar-refractivity contribution in [2.45, 2.75) is 18.6 Å². The minimum atomic E-state index is -0.906. The summed E-state index contributed by atoms with van der Waals surface area (Å²) in [5, 5.41) is 15.7. The minimum absolute atomic E-state index is 0.0228. The zero-order valence-corrected chi connectivity index (χ0v) is 12.1. The SMILES string of the molecule is C[C@H](CCNC(=O)Nc1ccc([N+](=O)[O-])cc1)[S@](C)=O. The van der Waals surface area contributed by atoms with Crippen molar-refractivity contribution in [3.8, 4) is 0 Å². The van der Waals surface area contributed by atoms with Crippen LogP contribution in [0.25, 0.3) is 0 Å². The van der Waals surface area contributed by atoms with E-state index in [4.69, 9.17) is 0 Å². The molecule has 8 heteroatoms. The highest BCUT2D eigenvalue weighted by Gasteiger charge is 2.08. The molecule has 0 saturated carbocycles. The van der Waals surface area contributed by atoms with E-state index in [2.05, 4.69) is 10.6 Å². The highest BCUT2D eigenvalue weighted by molar-refractivity contribution is 7.84. The van der Waals surface area contributed by atoms with Gasteiger partial charge in [-0.25, -0.2) is 4.79 Å². The summed E-state index contributed by atoms with van der Waals surface area (Å²) in [7, 11) is -0.906. The number of carbonyl (C=O) groups excluding carboxylic acids is 1. The van der Waals surface area contributed by atoms with Gasteiger partial charge in [0.2, 0.25) is 0 Å². The predicted molar refractivity (Wildman–Crippen MR) is 78.3 cm³/mol. The quantitative estimate of drug-likeness (QED) is 0.618. The fraction of sp³-hybridized carbons (Fsp3) is 0.417. The molecule has 110 valence electrons. The molecule has 0 aliphatic rings. The van der Waals surface area contributed by atoms with Gasteiger partial charge in [-0.05, 0) is 18.6 Å². The predicted octanol–water partition coefficient (Wildman–Crippen LogP) is 1.87. The Morgan fingerprint density at radius 2 is 2.00 bits per heavy atom. The lowest BCUT2D eigenvalue weighted by Crippen LogP contribution is -2.31. The number of urea groups is 1. The number of nitrogens with zero attached hydrogens (tertiary/aromatic N) is 1. The molecule has 0 fully saturated rings. The average molecular weight is 299 g/mol. The number of anilines is 1. The molecule has 0 aromatic heterocycles. The van der Waals surface area contributed by atoms with Gasteiger partial charge in [-0.1, -0.05) is 6.92 Å². The van der Waals surface area contributed by atoms with Crippen molar-refractivity contribution >= 4 is 28.2 Å². The zero-order valence-electron chi connectivity index (χ0n) is 11.3. The number of hydrogen-bond acceptors (Lipinski definition) is 4. The number of nitro groups is 1. The Bertz CT molecular complexity index is 504. The van der Waals surface area contributed by atoms with E-state index in [9.17, 15) is 19.1 Å². The highest BCUT2D eigenvalue weighted by atomic mass is 32.2. The van der Waals surface area contributed by atoms with Crippen LogP contribution in [0.3, 0.4) is 0 Å². The zero-order chi connectivity index (χ0) is 15.1. The second kappa shape index (κ2) is 7.59. The monoisotopic (exact) mass is 299 g/mol. The Balaban J connectivity index is 2.39. The van der Waals surface area contributed by atoms with Crippen molar-refractivity contribution in [3.63, 3.8) is 0 Å². The van der Waals surface area contributed by atoms with Gasteiger partial charge in [-0.15, -0.1) is 0 Å². The van der Waals surface area contributed by atoms with Gasteiger partial charge in [0.1, 0.15) is 0 Å². The molecule has 0 unspecified atom stereocenters. The summed E-state index contributed by atoms with van der Waals surface area (Å²) in [6, 6.07) is 5.16. The van der Waals surface area contributed by atoms with Crippen molar-refractivity contribution < 1.29 is 13.9 Å². The van der Waals surface area contributed by atoms with Crippen LogP contribution in [0.15, 0.2) is 24.3 Å². The third-order valence-electron chi connectivity index (χ3n) is 2.74. The Labute approximate surface area is 119 Å². The van der Waals surface area contributed by atoms with Crippen molar-refractivity contribution in [1.82, 2.24) is 5.32 Å². The van der Waals surface area contributed by atoms with Gasteiger partial charge in [-0.3, -0.25) is 14.3 Å². The largest absolute Gasteiger partial charge is 0.338 e. The number of nitrogens with one attached hydrogen (secondary N) is 2. The van der Waals surface area contributed by atoms with E-state index in [1.165, 1.54) is 24.3 Å².